The van der Waals surface area contributed by atoms with Gasteiger partial charge in [0, 0.05) is 57.8 Å². The number of anilines is 4. The van der Waals surface area contributed by atoms with Crippen molar-refractivity contribution >= 4 is 123 Å². The largest absolute Gasteiger partial charge is 2.00 e. The zero-order valence-corrected chi connectivity index (χ0v) is 41.0. The quantitative estimate of drug-likeness (QED) is 0.0256. The van der Waals surface area contributed by atoms with E-state index in [1.165, 1.54) is 17.0 Å². The molecule has 2 aromatic rings. The summed E-state index contributed by atoms with van der Waals surface area (Å²) in [5.74, 6) is 41.0. The Morgan fingerprint density at radius 3 is 1.89 bits per heavy atom. The van der Waals surface area contributed by atoms with Gasteiger partial charge in [-0.25, -0.2) is 15.7 Å². The SMILES string of the molecule is CC#CC#CC#CC#CC#CC#CC#CC#CC#CC.CN(c1ccc(C(=O)CC(CCC(=O)[O-])C(=O)[O-])cc1)[C@@H]1CNc2nc(N)[nH]c(=O)c2N1C=O.[Ca+2].[Ca+2].[H-].[HH].[HH].[HH].[HH].[HH].[HH].[HH].[N-]=N/N=N/N=N/N(OOO)OOOO. The number of nitrogens with zero attached hydrogens (tertiary/aromatic N) is 10. The summed E-state index contributed by atoms with van der Waals surface area (Å²) in [5.41, 5.74) is 13.5. The molecule has 29 heteroatoms. The maximum atomic E-state index is 12.5. The Morgan fingerprint density at radius 1 is 0.914 bits per heavy atom. The van der Waals surface area contributed by atoms with Gasteiger partial charge in [0.05, 0.1) is 11.9 Å². The summed E-state index contributed by atoms with van der Waals surface area (Å²) >= 11 is 0. The van der Waals surface area contributed by atoms with Crippen molar-refractivity contribution in [3.05, 3.63) is 45.7 Å². The molecule has 1 unspecified atom stereocenters. The number of rotatable bonds is 18. The minimum atomic E-state index is -1.50. The number of likely N-dealkylation sites (N-methyl/N-ethyl adjacent to an activating group) is 1. The third kappa shape index (κ3) is 27.3. The second-order valence-corrected chi connectivity index (χ2v) is 11.3. The van der Waals surface area contributed by atoms with Gasteiger partial charge in [-0.15, -0.1) is 5.22 Å². The number of aromatic amines is 1. The van der Waals surface area contributed by atoms with Crippen molar-refractivity contribution in [1.82, 2.24) is 15.3 Å². The smallest absolute Gasteiger partial charge is 1.00 e. The number of carbonyl (C=O) groups excluding carboxylic acids is 4. The summed E-state index contributed by atoms with van der Waals surface area (Å²) in [6.07, 6.45) is -1.27. The third-order valence-electron chi connectivity index (χ3n) is 7.21. The van der Waals surface area contributed by atoms with Crippen LogP contribution in [0.15, 0.2) is 55.2 Å². The average molecular weight is 1020 g/mol. The van der Waals surface area contributed by atoms with Crippen molar-refractivity contribution in [2.75, 3.05) is 34.4 Å². The maximum absolute atomic E-state index is 12.5. The van der Waals surface area contributed by atoms with E-state index >= 15 is 0 Å². The predicted octanol–water partition coefficient (Wildman–Crippen LogP) is 0.365. The standard InChI is InChI=1S/C21H24N6O7.C20H6.2Ca.H2N7O7.7H2.H/c1-26(15-9-23-18-17(27(15)10-28)19(32)25-21(22)24-18)13-5-2-11(3-6-13)14(29)8-12(20(33)34)4-7-16(30)31;1-3-5-7-9-11-13-15-17-19-20-18-16-14-12-10-8-6-4-2;;;1-2-3-4-5-6-7(10-12-8)11-14-13-9;;;;;;;;/h2-3,5-6,10,12,15H,4,7-9H2,1H3,(H,30,31)(H,33,34)(H4,22,23,24,25,32);1-2H3;;;8-9H;7*1H;/q;;2*+2;-1;;;;;;;;-1/p-2/b;;;;4-3+,6-5+;;;;;;;;/t12?,15-;;;;;;;;;;;;/m0............/s1. The fraction of sp³-hybridized carbons (Fsp3) is 0.220. The molecule has 0 spiro atoms. The first-order chi connectivity index (χ1) is 32.9. The molecule has 362 valence electrons. The molecular weight excluding hydrogens is 979 g/mol. The van der Waals surface area contributed by atoms with Crippen LogP contribution in [0.3, 0.4) is 0 Å². The van der Waals surface area contributed by atoms with Crippen LogP contribution in [0.2, 0.25) is 0 Å². The number of hydrogen-bond donors (Lipinski definition) is 5. The number of nitrogens with one attached hydrogen (secondary N) is 2. The van der Waals surface area contributed by atoms with Crippen molar-refractivity contribution in [2.24, 2.45) is 32.0 Å². The fourth-order valence-electron chi connectivity index (χ4n) is 4.48. The molecule has 3 rings (SSSR count). The minimum Gasteiger partial charge on any atom is -1.00 e. The van der Waals surface area contributed by atoms with Crippen molar-refractivity contribution in [2.45, 2.75) is 39.3 Å². The molecule has 0 saturated heterocycles. The van der Waals surface area contributed by atoms with Crippen molar-refractivity contribution in [3.63, 3.8) is 0 Å². The van der Waals surface area contributed by atoms with Crippen LogP contribution in [-0.2, 0) is 39.5 Å². The first-order valence-electron chi connectivity index (χ1n) is 17.9. The average Bonchev–Trinajstić information content (AvgIpc) is 3.32. The van der Waals surface area contributed by atoms with Gasteiger partial charge in [0.15, 0.2) is 17.3 Å². The number of Topliss-reactive ketones (excluding diaryl/α,β-unsaturated/α-hetero) is 1. The number of carbonyl (C=O) groups is 4. The number of carboxylic acid groups (broad SMARTS) is 2. The first kappa shape index (κ1) is 64.5. The number of fused-ring (bicyclic) bond motifs is 1. The molecule has 0 aliphatic carbocycles. The monoisotopic (exact) mass is 1020 g/mol. The van der Waals surface area contributed by atoms with Gasteiger partial charge < -0.3 is 42.7 Å². The number of nitrogens with two attached hydrogens (primary N) is 1. The number of aliphatic carboxylic acids is 2. The predicted molar refractivity (Wildman–Crippen MR) is 253 cm³/mol. The van der Waals surface area contributed by atoms with Crippen LogP contribution in [0.25, 0.3) is 5.53 Å². The van der Waals surface area contributed by atoms with Crippen molar-refractivity contribution in [3.8, 4) is 107 Å². The molecule has 1 amide bonds. The van der Waals surface area contributed by atoms with Crippen LogP contribution < -0.4 is 36.6 Å². The van der Waals surface area contributed by atoms with Crippen LogP contribution in [0.1, 0.15) is 54.9 Å². The van der Waals surface area contributed by atoms with E-state index in [4.69, 9.17) is 21.8 Å². The summed E-state index contributed by atoms with van der Waals surface area (Å²) in [6.45, 7) is 3.63. The number of carboxylic acids is 2. The molecule has 2 heterocycles. The summed E-state index contributed by atoms with van der Waals surface area (Å²) in [4.78, 5) is 75.1. The zero-order valence-electron chi connectivity index (χ0n) is 37.6. The van der Waals surface area contributed by atoms with Gasteiger partial charge in [0.2, 0.25) is 12.4 Å². The third-order valence-corrected chi connectivity index (χ3v) is 7.21. The summed E-state index contributed by atoms with van der Waals surface area (Å²) in [5, 5.41) is 62.2. The number of aromatic nitrogens is 2. The van der Waals surface area contributed by atoms with Crippen LogP contribution in [0, 0.1) is 112 Å². The molecule has 1 aromatic heterocycles. The van der Waals surface area contributed by atoms with E-state index in [0.717, 1.165) is 0 Å². The molecule has 70 heavy (non-hydrogen) atoms. The fourth-order valence-corrected chi connectivity index (χ4v) is 4.48. The Labute approximate surface area is 469 Å². The summed E-state index contributed by atoms with van der Waals surface area (Å²) < 4.78 is 0. The van der Waals surface area contributed by atoms with Crippen LogP contribution in [0.4, 0.5) is 23.1 Å². The molecule has 27 nitrogen and oxygen atoms in total. The number of hydrogen-bond acceptors (Lipinski definition) is 19. The van der Waals surface area contributed by atoms with Crippen molar-refractivity contribution in [1.29, 1.82) is 0 Å². The molecule has 1 aliphatic rings. The Balaban J connectivity index is -0.000000115. The maximum Gasteiger partial charge on any atom is 2.00 e. The number of amides is 1. The summed E-state index contributed by atoms with van der Waals surface area (Å²) in [6, 6.07) is 6.19. The number of ketones is 1. The van der Waals surface area contributed by atoms with E-state index in [0.29, 0.717) is 12.1 Å². The Hall–Kier alpha value is -7.54. The number of benzene rings is 1. The van der Waals surface area contributed by atoms with Gasteiger partial charge >= 0.3 is 75.5 Å². The molecule has 6 N–H and O–H groups in total. The molecule has 0 bridgehead atoms. The normalized spacial score (nSPS) is 10.9. The summed E-state index contributed by atoms with van der Waals surface area (Å²) in [7, 11) is 1.69. The Kier molecular flexibility index (Phi) is 37.4. The van der Waals surface area contributed by atoms with E-state index in [1.54, 1.807) is 37.9 Å². The molecular formula is C41H45Ca2N13O14. The van der Waals surface area contributed by atoms with E-state index in [1.807, 2.05) is 0 Å². The molecule has 0 radical (unpaired) electrons. The Bertz CT molecular complexity index is 2790. The van der Waals surface area contributed by atoms with Crippen LogP contribution in [-0.4, -0.2) is 145 Å². The zero-order chi connectivity index (χ0) is 50.4. The Morgan fingerprint density at radius 2 is 1.44 bits per heavy atom. The van der Waals surface area contributed by atoms with Gasteiger partial charge in [-0.2, -0.15) is 4.98 Å². The van der Waals surface area contributed by atoms with Gasteiger partial charge in [-0.1, -0.05) is 11.8 Å². The number of H-pyrrole nitrogens is 1. The van der Waals surface area contributed by atoms with Gasteiger partial charge in [0.1, 0.15) is 6.17 Å². The molecule has 1 aliphatic heterocycles. The molecule has 0 fully saturated rings. The van der Waals surface area contributed by atoms with E-state index in [-0.39, 0.29) is 128 Å². The van der Waals surface area contributed by atoms with Crippen molar-refractivity contribution < 1.29 is 76.4 Å². The van der Waals surface area contributed by atoms with Gasteiger partial charge in [0.25, 0.3) is 5.56 Å². The van der Waals surface area contributed by atoms with Gasteiger partial charge in [-0.3, -0.25) is 29.5 Å². The topological polar surface area (TPSA) is 379 Å². The first-order valence-corrected chi connectivity index (χ1v) is 17.9. The van der Waals surface area contributed by atoms with Crippen LogP contribution in [0.5, 0.6) is 0 Å². The molecule has 1 aromatic carbocycles. The van der Waals surface area contributed by atoms with Crippen LogP contribution >= 0.6 is 0 Å². The number of nitrogen functional groups attached to an aromatic ring is 1. The van der Waals surface area contributed by atoms with E-state index < -0.39 is 48.2 Å². The van der Waals surface area contributed by atoms with E-state index in [9.17, 15) is 34.2 Å². The minimum absolute atomic E-state index is 0. The second kappa shape index (κ2) is 40.5. The molecule has 2 atom stereocenters. The second-order valence-electron chi connectivity index (χ2n) is 11.3. The molecule has 0 saturated carbocycles. The van der Waals surface area contributed by atoms with E-state index in [2.05, 4.69) is 173 Å². The van der Waals surface area contributed by atoms with Gasteiger partial charge in [-0.05, 0) is 176 Å².